The smallest absolute Gasteiger partial charge is 0.307 e. The zero-order chi connectivity index (χ0) is 26.2. The van der Waals surface area contributed by atoms with Gasteiger partial charge in [0.05, 0.1) is 11.6 Å². The lowest BCUT2D eigenvalue weighted by molar-refractivity contribution is -0.142. The summed E-state index contributed by atoms with van der Waals surface area (Å²) in [4.78, 5) is 28.8. The number of aliphatic carboxylic acids is 1. The molecule has 1 unspecified atom stereocenters. The molecular formula is C30H30N2O4S. The first-order valence-electron chi connectivity index (χ1n) is 12.3. The molecule has 0 bridgehead atoms. The van der Waals surface area contributed by atoms with Crippen molar-refractivity contribution < 1.29 is 19.4 Å². The number of rotatable bonds is 12. The summed E-state index contributed by atoms with van der Waals surface area (Å²) in [5.74, 6) is -1.89. The number of hydrogen-bond acceptors (Lipinski definition) is 6. The van der Waals surface area contributed by atoms with Gasteiger partial charge in [-0.1, -0.05) is 66.2 Å². The summed E-state index contributed by atoms with van der Waals surface area (Å²) in [6.07, 6.45) is 0.284. The number of thiazole rings is 1. The molecule has 37 heavy (non-hydrogen) atoms. The van der Waals surface area contributed by atoms with Crippen molar-refractivity contribution in [2.75, 3.05) is 18.5 Å². The molecule has 0 spiro atoms. The molecule has 4 rings (SSSR count). The lowest BCUT2D eigenvalue weighted by atomic mass is 9.94. The van der Waals surface area contributed by atoms with E-state index in [2.05, 4.69) is 36.5 Å². The van der Waals surface area contributed by atoms with E-state index in [1.165, 1.54) is 5.56 Å². The van der Waals surface area contributed by atoms with Crippen molar-refractivity contribution in [1.29, 1.82) is 0 Å². The highest BCUT2D eigenvalue weighted by Crippen LogP contribution is 2.29. The highest BCUT2D eigenvalue weighted by molar-refractivity contribution is 7.14. The highest BCUT2D eigenvalue weighted by Gasteiger charge is 2.22. The molecular weight excluding hydrogens is 484 g/mol. The highest BCUT2D eigenvalue weighted by atomic mass is 32.1. The number of carboxylic acid groups (broad SMARTS) is 1. The van der Waals surface area contributed by atoms with Crippen LogP contribution in [0.3, 0.4) is 0 Å². The Balaban J connectivity index is 1.36. The number of benzene rings is 3. The fourth-order valence-corrected chi connectivity index (χ4v) is 4.67. The normalized spacial score (nSPS) is 11.7. The maximum atomic E-state index is 12.6. The largest absolute Gasteiger partial charge is 0.481 e. The maximum absolute atomic E-state index is 12.6. The number of nitrogens with zero attached hydrogens (tertiary/aromatic N) is 1. The number of carbonyl (C=O) groups excluding carboxylic acids is 1. The van der Waals surface area contributed by atoms with Crippen LogP contribution in [0.4, 0.5) is 10.8 Å². The topological polar surface area (TPSA) is 88.5 Å². The zero-order valence-electron chi connectivity index (χ0n) is 20.9. The minimum absolute atomic E-state index is 0.0372. The fourth-order valence-electron chi connectivity index (χ4n) is 3.93. The average Bonchev–Trinajstić information content (AvgIpc) is 3.37. The standard InChI is InChI=1S/C30H30N2O4S/c1-3-36-17-16-25(29(34)35)18-28(33)24-10-8-21(9-11-24)22-12-14-26(15-13-22)31-30-32-27(19-37-30)23-6-4-20(2)5-7-23/h4-15,19,25H,3,16-18H2,1-2H3,(H,31,32)(H,34,35). The number of ketones is 1. The summed E-state index contributed by atoms with van der Waals surface area (Å²) in [5.41, 5.74) is 6.71. The molecule has 0 saturated carbocycles. The number of ether oxygens (including phenoxy) is 1. The van der Waals surface area contributed by atoms with Gasteiger partial charge in [0, 0.05) is 41.8 Å². The van der Waals surface area contributed by atoms with E-state index < -0.39 is 11.9 Å². The van der Waals surface area contributed by atoms with Crippen LogP contribution in [0.5, 0.6) is 0 Å². The number of aromatic nitrogens is 1. The third-order valence-corrected chi connectivity index (χ3v) is 6.88. The molecule has 3 aromatic carbocycles. The second kappa shape index (κ2) is 12.4. The monoisotopic (exact) mass is 514 g/mol. The minimum atomic E-state index is -0.970. The third kappa shape index (κ3) is 7.12. The maximum Gasteiger partial charge on any atom is 0.307 e. The van der Waals surface area contributed by atoms with E-state index in [-0.39, 0.29) is 12.2 Å². The van der Waals surface area contributed by atoms with Crippen molar-refractivity contribution >= 4 is 33.9 Å². The van der Waals surface area contributed by atoms with Gasteiger partial charge in [0.15, 0.2) is 10.9 Å². The average molecular weight is 515 g/mol. The molecule has 0 saturated heterocycles. The second-order valence-electron chi connectivity index (χ2n) is 8.83. The zero-order valence-corrected chi connectivity index (χ0v) is 21.8. The molecule has 7 heteroatoms. The number of anilines is 2. The lowest BCUT2D eigenvalue weighted by Crippen LogP contribution is -2.20. The first kappa shape index (κ1) is 26.3. The van der Waals surface area contributed by atoms with E-state index >= 15 is 0 Å². The van der Waals surface area contributed by atoms with Gasteiger partial charge in [-0.15, -0.1) is 11.3 Å². The van der Waals surface area contributed by atoms with Gasteiger partial charge in [0.1, 0.15) is 0 Å². The summed E-state index contributed by atoms with van der Waals surface area (Å²) in [7, 11) is 0. The second-order valence-corrected chi connectivity index (χ2v) is 9.69. The summed E-state index contributed by atoms with van der Waals surface area (Å²) in [6, 6.07) is 23.6. The van der Waals surface area contributed by atoms with Crippen LogP contribution in [0, 0.1) is 12.8 Å². The van der Waals surface area contributed by atoms with Crippen LogP contribution in [0.2, 0.25) is 0 Å². The van der Waals surface area contributed by atoms with Crippen molar-refractivity contribution in [3.63, 3.8) is 0 Å². The summed E-state index contributed by atoms with van der Waals surface area (Å²) < 4.78 is 5.25. The summed E-state index contributed by atoms with van der Waals surface area (Å²) >= 11 is 1.56. The first-order chi connectivity index (χ1) is 17.9. The number of carbonyl (C=O) groups is 2. The van der Waals surface area contributed by atoms with Gasteiger partial charge in [-0.3, -0.25) is 9.59 Å². The van der Waals surface area contributed by atoms with Crippen LogP contribution in [-0.4, -0.2) is 35.1 Å². The van der Waals surface area contributed by atoms with Crippen LogP contribution >= 0.6 is 11.3 Å². The Morgan fingerprint density at radius 2 is 1.57 bits per heavy atom. The number of hydrogen-bond donors (Lipinski definition) is 2. The molecule has 2 N–H and O–H groups in total. The van der Waals surface area contributed by atoms with Crippen LogP contribution < -0.4 is 5.32 Å². The first-order valence-corrected chi connectivity index (χ1v) is 13.1. The summed E-state index contributed by atoms with van der Waals surface area (Å²) in [5, 5.41) is 15.7. The van der Waals surface area contributed by atoms with Gasteiger partial charge in [0.2, 0.25) is 0 Å². The Labute approximate surface area is 221 Å². The van der Waals surface area contributed by atoms with E-state index in [9.17, 15) is 14.7 Å². The molecule has 0 fully saturated rings. The quantitative estimate of drug-likeness (QED) is 0.153. The number of carboxylic acids is 1. The Kier molecular flexibility index (Phi) is 8.82. The molecule has 4 aromatic rings. The lowest BCUT2D eigenvalue weighted by Gasteiger charge is -2.12. The van der Waals surface area contributed by atoms with Gasteiger partial charge in [-0.2, -0.15) is 0 Å². The van der Waals surface area contributed by atoms with Crippen molar-refractivity contribution in [3.05, 3.63) is 89.3 Å². The predicted octanol–water partition coefficient (Wildman–Crippen LogP) is 7.23. The third-order valence-electron chi connectivity index (χ3n) is 6.12. The van der Waals surface area contributed by atoms with E-state index in [1.54, 1.807) is 23.5 Å². The molecule has 1 atom stereocenters. The molecule has 0 radical (unpaired) electrons. The van der Waals surface area contributed by atoms with E-state index in [0.29, 0.717) is 25.2 Å². The van der Waals surface area contributed by atoms with Gasteiger partial charge >= 0.3 is 5.97 Å². The molecule has 1 aromatic heterocycles. The van der Waals surface area contributed by atoms with E-state index in [1.807, 2.05) is 48.7 Å². The molecule has 190 valence electrons. The number of nitrogens with one attached hydrogen (secondary N) is 1. The Morgan fingerprint density at radius 1 is 0.946 bits per heavy atom. The van der Waals surface area contributed by atoms with Crippen LogP contribution in [0.25, 0.3) is 22.4 Å². The SMILES string of the molecule is CCOCCC(CC(=O)c1ccc(-c2ccc(Nc3nc(-c4ccc(C)cc4)cs3)cc2)cc1)C(=O)O. The van der Waals surface area contributed by atoms with E-state index in [0.717, 1.165) is 33.2 Å². The molecule has 6 nitrogen and oxygen atoms in total. The molecule has 1 heterocycles. The molecule has 0 aliphatic heterocycles. The molecule has 0 aliphatic carbocycles. The molecule has 0 aliphatic rings. The number of aryl methyl sites for hydroxylation is 1. The van der Waals surface area contributed by atoms with Crippen LogP contribution in [0.15, 0.2) is 78.2 Å². The van der Waals surface area contributed by atoms with Gasteiger partial charge in [-0.25, -0.2) is 4.98 Å². The summed E-state index contributed by atoms with van der Waals surface area (Å²) in [6.45, 7) is 4.79. The predicted molar refractivity (Wildman–Crippen MR) is 149 cm³/mol. The Hall–Kier alpha value is -3.81. The minimum Gasteiger partial charge on any atom is -0.481 e. The van der Waals surface area contributed by atoms with Crippen molar-refractivity contribution in [1.82, 2.24) is 4.98 Å². The van der Waals surface area contributed by atoms with Crippen LogP contribution in [-0.2, 0) is 9.53 Å². The molecule has 0 amide bonds. The van der Waals surface area contributed by atoms with E-state index in [4.69, 9.17) is 9.72 Å². The van der Waals surface area contributed by atoms with Gasteiger partial charge < -0.3 is 15.2 Å². The number of Topliss-reactive ketones (excluding diaryl/α,β-unsaturated/α-hetero) is 1. The Morgan fingerprint density at radius 3 is 2.19 bits per heavy atom. The van der Waals surface area contributed by atoms with Crippen LogP contribution in [0.1, 0.15) is 35.7 Å². The van der Waals surface area contributed by atoms with Gasteiger partial charge in [0.25, 0.3) is 0 Å². The fraction of sp³-hybridized carbons (Fsp3) is 0.233. The van der Waals surface area contributed by atoms with Crippen molar-refractivity contribution in [3.8, 4) is 22.4 Å². The Bertz CT molecular complexity index is 1330. The van der Waals surface area contributed by atoms with Gasteiger partial charge in [-0.05, 0) is 43.5 Å². The van der Waals surface area contributed by atoms with Crippen molar-refractivity contribution in [2.45, 2.75) is 26.7 Å². The van der Waals surface area contributed by atoms with Crippen molar-refractivity contribution in [2.24, 2.45) is 5.92 Å².